The fourth-order valence-corrected chi connectivity index (χ4v) is 6.51. The second-order valence-corrected chi connectivity index (χ2v) is 12.6. The molecular formula is C35H40N8O6. The second kappa shape index (κ2) is 14.7. The van der Waals surface area contributed by atoms with E-state index in [-0.39, 0.29) is 44.8 Å². The van der Waals surface area contributed by atoms with Gasteiger partial charge in [0.1, 0.15) is 18.1 Å². The van der Waals surface area contributed by atoms with Gasteiger partial charge in [-0.15, -0.1) is 0 Å². The Hall–Kier alpha value is -5.50. The van der Waals surface area contributed by atoms with Gasteiger partial charge in [0.15, 0.2) is 0 Å². The molecule has 2 aromatic heterocycles. The third-order valence-electron chi connectivity index (χ3n) is 9.07. The minimum atomic E-state index is -1.12. The van der Waals surface area contributed by atoms with Crippen molar-refractivity contribution in [3.05, 3.63) is 90.4 Å². The van der Waals surface area contributed by atoms with Crippen molar-refractivity contribution < 1.29 is 29.1 Å². The number of amides is 5. The number of aromatic amines is 1. The Morgan fingerprint density at radius 1 is 0.939 bits per heavy atom. The molecule has 5 N–H and O–H groups in total. The van der Waals surface area contributed by atoms with Gasteiger partial charge in [0.05, 0.1) is 18.7 Å². The highest BCUT2D eigenvalue weighted by Gasteiger charge is 2.42. The molecule has 0 saturated carbocycles. The smallest absolute Gasteiger partial charge is 0.246 e. The summed E-state index contributed by atoms with van der Waals surface area (Å²) in [4.78, 5) is 74.8. The molecule has 0 spiro atoms. The first-order valence-corrected chi connectivity index (χ1v) is 16.4. The highest BCUT2D eigenvalue weighted by molar-refractivity contribution is 5.96. The van der Waals surface area contributed by atoms with Crippen LogP contribution in [0.3, 0.4) is 0 Å². The van der Waals surface area contributed by atoms with Crippen LogP contribution in [0.5, 0.6) is 0 Å². The molecule has 256 valence electrons. The van der Waals surface area contributed by atoms with Crippen molar-refractivity contribution in [2.24, 2.45) is 0 Å². The van der Waals surface area contributed by atoms with Crippen molar-refractivity contribution in [2.75, 3.05) is 19.6 Å². The maximum atomic E-state index is 14.2. The van der Waals surface area contributed by atoms with Crippen molar-refractivity contribution in [2.45, 2.75) is 63.0 Å². The number of rotatable bonds is 6. The van der Waals surface area contributed by atoms with Gasteiger partial charge < -0.3 is 35.8 Å². The number of para-hydroxylation sites is 1. The Morgan fingerprint density at radius 2 is 1.71 bits per heavy atom. The zero-order valence-electron chi connectivity index (χ0n) is 27.1. The van der Waals surface area contributed by atoms with Crippen molar-refractivity contribution in [3.63, 3.8) is 0 Å². The highest BCUT2D eigenvalue weighted by Crippen LogP contribution is 2.24. The van der Waals surface area contributed by atoms with Crippen LogP contribution in [0.4, 0.5) is 0 Å². The van der Waals surface area contributed by atoms with E-state index in [4.69, 9.17) is 0 Å². The SMILES string of the molecule is C[C@@H]1NC(=O)[C@@H]2C[C@@H](O)CN2C(=O)[C@@H](Cc2c[nH]c3ccccc23)NC(=O)CN(C(=O)CCn2cccn2)C[C@@H](c2ccccc2)NC1=O. The first kappa shape index (κ1) is 33.4. The molecular weight excluding hydrogens is 628 g/mol. The van der Waals surface area contributed by atoms with Crippen molar-refractivity contribution in [3.8, 4) is 0 Å². The minimum absolute atomic E-state index is 0.0230. The second-order valence-electron chi connectivity index (χ2n) is 12.6. The molecule has 4 aromatic rings. The first-order valence-electron chi connectivity index (χ1n) is 16.4. The van der Waals surface area contributed by atoms with Gasteiger partial charge in [-0.3, -0.25) is 28.7 Å². The van der Waals surface area contributed by atoms with E-state index in [1.807, 2.05) is 42.5 Å². The third kappa shape index (κ3) is 7.81. The van der Waals surface area contributed by atoms with Crippen LogP contribution < -0.4 is 16.0 Å². The van der Waals surface area contributed by atoms with Crippen molar-refractivity contribution >= 4 is 40.4 Å². The van der Waals surface area contributed by atoms with Gasteiger partial charge in [-0.1, -0.05) is 48.5 Å². The quantitative estimate of drug-likeness (QED) is 0.200. The molecule has 0 radical (unpaired) electrons. The van der Waals surface area contributed by atoms with Crippen LogP contribution in [0.15, 0.2) is 79.3 Å². The number of benzene rings is 2. The summed E-state index contributed by atoms with van der Waals surface area (Å²) in [5.41, 5.74) is 2.32. The van der Waals surface area contributed by atoms with Crippen LogP contribution in [-0.2, 0) is 36.9 Å². The van der Waals surface area contributed by atoms with E-state index < -0.39 is 60.4 Å². The van der Waals surface area contributed by atoms with E-state index in [1.54, 1.807) is 41.5 Å². The normalized spacial score (nSPS) is 24.1. The molecule has 14 heteroatoms. The number of carbonyl (C=O) groups excluding carboxylic acids is 5. The number of H-pyrrole nitrogens is 1. The number of aliphatic hydroxyl groups is 1. The maximum Gasteiger partial charge on any atom is 0.246 e. The van der Waals surface area contributed by atoms with Gasteiger partial charge in [-0.2, -0.15) is 5.10 Å². The zero-order chi connectivity index (χ0) is 34.5. The van der Waals surface area contributed by atoms with Crippen LogP contribution in [-0.4, -0.2) is 103 Å². The lowest BCUT2D eigenvalue weighted by Gasteiger charge is -2.30. The van der Waals surface area contributed by atoms with Gasteiger partial charge in [0, 0.05) is 68.4 Å². The summed E-state index contributed by atoms with van der Waals surface area (Å²) >= 11 is 0. The number of fused-ring (bicyclic) bond motifs is 2. The van der Waals surface area contributed by atoms with E-state index in [0.29, 0.717) is 5.56 Å². The van der Waals surface area contributed by atoms with E-state index in [0.717, 1.165) is 16.5 Å². The zero-order valence-corrected chi connectivity index (χ0v) is 27.1. The number of nitrogens with one attached hydrogen (secondary N) is 4. The number of aromatic nitrogens is 3. The molecule has 6 rings (SSSR count). The number of nitrogens with zero attached hydrogens (tertiary/aromatic N) is 4. The lowest BCUT2D eigenvalue weighted by Crippen LogP contribution is -2.56. The van der Waals surface area contributed by atoms with E-state index >= 15 is 0 Å². The number of hydrogen-bond acceptors (Lipinski definition) is 7. The van der Waals surface area contributed by atoms with Crippen LogP contribution in [0.25, 0.3) is 10.9 Å². The van der Waals surface area contributed by atoms with Gasteiger partial charge >= 0.3 is 0 Å². The molecule has 0 aliphatic carbocycles. The standard InChI is InChI=1S/C35H40N8O6/c1-22-33(47)40-29(23-8-3-2-4-9-23)20-41(32(46)12-15-42-14-7-13-37-42)21-31(45)39-28(16-24-18-36-27-11-6-5-10-26(24)27)35(49)43-19-25(44)17-30(43)34(48)38-22/h2-11,13-14,18,22,25,28-30,36,44H,12,15-17,19-21H2,1H3,(H,38,48)(H,39,45)(H,40,47)/t22-,25+,28+,29-,30-/m0/s1. The number of aliphatic hydroxyl groups excluding tert-OH is 1. The van der Waals surface area contributed by atoms with Crippen molar-refractivity contribution in [1.29, 1.82) is 0 Å². The van der Waals surface area contributed by atoms with Crippen LogP contribution in [0.1, 0.15) is 36.9 Å². The Morgan fingerprint density at radius 3 is 2.49 bits per heavy atom. The Labute approximate surface area is 282 Å². The summed E-state index contributed by atoms with van der Waals surface area (Å²) in [6, 6.07) is 14.4. The molecule has 2 aliphatic rings. The van der Waals surface area contributed by atoms with Crippen molar-refractivity contribution in [1.82, 2.24) is 40.5 Å². The number of aryl methyl sites for hydroxylation is 1. The molecule has 5 atom stereocenters. The fraction of sp³-hybridized carbons (Fsp3) is 0.371. The first-order chi connectivity index (χ1) is 23.7. The Balaban J connectivity index is 1.35. The summed E-state index contributed by atoms with van der Waals surface area (Å²) in [5, 5.41) is 24.1. The van der Waals surface area contributed by atoms with Gasteiger partial charge in [0.2, 0.25) is 29.5 Å². The lowest BCUT2D eigenvalue weighted by molar-refractivity contribution is -0.142. The number of hydrogen-bond donors (Lipinski definition) is 5. The molecule has 2 fully saturated rings. The van der Waals surface area contributed by atoms with E-state index in [2.05, 4.69) is 26.0 Å². The summed E-state index contributed by atoms with van der Waals surface area (Å²) in [6.07, 6.45) is 4.24. The average Bonchev–Trinajstić information content (AvgIpc) is 3.86. The summed E-state index contributed by atoms with van der Waals surface area (Å²) in [6.45, 7) is 1.24. The monoisotopic (exact) mass is 668 g/mol. The molecule has 2 aliphatic heterocycles. The topological polar surface area (TPSA) is 182 Å². The van der Waals surface area contributed by atoms with E-state index in [1.165, 1.54) is 16.7 Å². The van der Waals surface area contributed by atoms with Gasteiger partial charge in [-0.25, -0.2) is 0 Å². The molecule has 0 bridgehead atoms. The van der Waals surface area contributed by atoms with Gasteiger partial charge in [-0.05, 0) is 30.2 Å². The molecule has 5 amide bonds. The molecule has 4 heterocycles. The Bertz CT molecular complexity index is 1810. The van der Waals surface area contributed by atoms with Gasteiger partial charge in [0.25, 0.3) is 0 Å². The summed E-state index contributed by atoms with van der Waals surface area (Å²) in [5.74, 6) is -2.60. The number of carbonyl (C=O) groups is 5. The Kier molecular flexibility index (Phi) is 10.0. The minimum Gasteiger partial charge on any atom is -0.391 e. The molecule has 0 unspecified atom stereocenters. The van der Waals surface area contributed by atoms with Crippen LogP contribution >= 0.6 is 0 Å². The fourth-order valence-electron chi connectivity index (χ4n) is 6.51. The highest BCUT2D eigenvalue weighted by atomic mass is 16.3. The van der Waals surface area contributed by atoms with Crippen LogP contribution in [0.2, 0.25) is 0 Å². The third-order valence-corrected chi connectivity index (χ3v) is 9.07. The summed E-state index contributed by atoms with van der Waals surface area (Å²) in [7, 11) is 0. The average molecular weight is 669 g/mol. The van der Waals surface area contributed by atoms with E-state index in [9.17, 15) is 29.1 Å². The lowest BCUT2D eigenvalue weighted by atomic mass is 10.0. The van der Waals surface area contributed by atoms with Crippen LogP contribution in [0, 0.1) is 0 Å². The maximum absolute atomic E-state index is 14.2. The molecule has 2 saturated heterocycles. The summed E-state index contributed by atoms with van der Waals surface area (Å²) < 4.78 is 1.61. The largest absolute Gasteiger partial charge is 0.391 e. The predicted octanol–water partition coefficient (Wildman–Crippen LogP) is 0.648. The molecule has 49 heavy (non-hydrogen) atoms. The molecule has 14 nitrogen and oxygen atoms in total. The predicted molar refractivity (Wildman–Crippen MR) is 178 cm³/mol. The molecule has 2 aromatic carbocycles.